The second-order valence-electron chi connectivity index (χ2n) is 15.7. The number of ether oxygens (including phenoxy) is 2. The Morgan fingerprint density at radius 2 is 1.71 bits per heavy atom. The van der Waals surface area contributed by atoms with Crippen LogP contribution in [0.25, 0.3) is 0 Å². The Morgan fingerprint density at radius 1 is 0.951 bits per heavy atom. The van der Waals surface area contributed by atoms with Crippen LogP contribution < -0.4 is 0 Å². The van der Waals surface area contributed by atoms with Crippen LogP contribution in [-0.4, -0.2) is 63.8 Å². The van der Waals surface area contributed by atoms with Gasteiger partial charge in [-0.25, -0.2) is 0 Å². The van der Waals surface area contributed by atoms with E-state index in [9.17, 15) is 20.4 Å². The molecule has 0 aromatic carbocycles. The highest BCUT2D eigenvalue weighted by atomic mass is 16.7. The number of rotatable bonds is 9. The Balaban J connectivity index is 1.24. The van der Waals surface area contributed by atoms with Crippen molar-refractivity contribution in [2.45, 2.75) is 149 Å². The molecule has 6 heteroatoms. The lowest BCUT2D eigenvalue weighted by Crippen LogP contribution is -2.60. The Bertz CT molecular complexity index is 918. The van der Waals surface area contributed by atoms with Crippen LogP contribution in [0, 0.1) is 52.3 Å². The van der Waals surface area contributed by atoms with Gasteiger partial charge in [0.25, 0.3) is 0 Å². The summed E-state index contributed by atoms with van der Waals surface area (Å²) in [7, 11) is 0. The van der Waals surface area contributed by atoms with E-state index in [-0.39, 0.29) is 11.5 Å². The van der Waals surface area contributed by atoms with Crippen LogP contribution in [0.15, 0.2) is 11.6 Å². The highest BCUT2D eigenvalue weighted by Crippen LogP contribution is 2.67. The molecule has 4 N–H and O–H groups in total. The van der Waals surface area contributed by atoms with Crippen LogP contribution in [0.5, 0.6) is 0 Å². The molecular formula is C35H60O6. The summed E-state index contributed by atoms with van der Waals surface area (Å²) < 4.78 is 11.9. The molecule has 0 aromatic heterocycles. The molecule has 41 heavy (non-hydrogen) atoms. The van der Waals surface area contributed by atoms with Crippen LogP contribution >= 0.6 is 0 Å². The van der Waals surface area contributed by atoms with E-state index < -0.39 is 37.3 Å². The van der Waals surface area contributed by atoms with Crippen LogP contribution in [-0.2, 0) is 9.47 Å². The molecule has 1 heterocycles. The monoisotopic (exact) mass is 576 g/mol. The molecule has 5 rings (SSSR count). The zero-order valence-corrected chi connectivity index (χ0v) is 26.7. The van der Waals surface area contributed by atoms with Crippen LogP contribution in [0.3, 0.4) is 0 Å². The van der Waals surface area contributed by atoms with Crippen molar-refractivity contribution in [2.24, 2.45) is 52.3 Å². The molecule has 1 saturated heterocycles. The summed E-state index contributed by atoms with van der Waals surface area (Å²) in [6.45, 7) is 14.5. The van der Waals surface area contributed by atoms with Gasteiger partial charge in [0.05, 0.1) is 12.7 Å². The first-order valence-electron chi connectivity index (χ1n) is 17.1. The number of allylic oxidation sites excluding steroid dienone is 1. The van der Waals surface area contributed by atoms with Gasteiger partial charge in [-0.05, 0) is 110 Å². The van der Waals surface area contributed by atoms with E-state index in [1.807, 2.05) is 0 Å². The Labute approximate surface area is 249 Å². The fraction of sp³-hybridized carbons (Fsp3) is 0.943. The molecule has 6 nitrogen and oxygen atoms in total. The van der Waals surface area contributed by atoms with Gasteiger partial charge in [0.15, 0.2) is 6.29 Å². The maximum atomic E-state index is 10.5. The molecule has 0 spiro atoms. The summed E-state index contributed by atoms with van der Waals surface area (Å²) in [6.07, 6.45) is 9.92. The van der Waals surface area contributed by atoms with Crippen molar-refractivity contribution < 1.29 is 29.9 Å². The molecule has 3 saturated carbocycles. The third kappa shape index (κ3) is 5.73. The van der Waals surface area contributed by atoms with Gasteiger partial charge in [-0.15, -0.1) is 0 Å². The van der Waals surface area contributed by atoms with Crippen molar-refractivity contribution >= 4 is 0 Å². The standard InChI is InChI=1S/C35H60O6/c1-7-22(20(2)3)9-8-21(4)26-12-13-27-25-11-10-23-18-24(14-16-34(23,5)28(25)15-17-35(26,27)6)40-33-32(39)31(38)30(37)29(19-36)41-33/h10,20-22,24-33,36-39H,7-9,11-19H2,1-6H3/t21-,22-,24+,25-,26-,27-,28-,29-,30-,31+,32-,33-,34+,35-/m1/s1. The van der Waals surface area contributed by atoms with E-state index in [0.717, 1.165) is 60.7 Å². The van der Waals surface area contributed by atoms with Gasteiger partial charge in [-0.1, -0.05) is 66.0 Å². The van der Waals surface area contributed by atoms with Gasteiger partial charge in [0.1, 0.15) is 24.4 Å². The van der Waals surface area contributed by atoms with E-state index in [2.05, 4.69) is 47.6 Å². The molecular weight excluding hydrogens is 516 g/mol. The maximum Gasteiger partial charge on any atom is 0.186 e. The SMILES string of the molecule is CC[C@H](CC[C@@H](C)[C@H]1CC[C@@H]2[C@H]3CC=C4C[C@@H](O[C@@H]5O[C@H](CO)[C@@H](O)[C@H](O)[C@H]5O)CC[C@]4(C)[C@@H]3CC[C@@]21C)C(C)C. The summed E-state index contributed by atoms with van der Waals surface area (Å²) in [5.74, 6) is 5.66. The summed E-state index contributed by atoms with van der Waals surface area (Å²) in [6, 6.07) is 0. The van der Waals surface area contributed by atoms with Crippen LogP contribution in [0.4, 0.5) is 0 Å². The van der Waals surface area contributed by atoms with Gasteiger partial charge >= 0.3 is 0 Å². The van der Waals surface area contributed by atoms with Gasteiger partial charge in [0, 0.05) is 0 Å². The average Bonchev–Trinajstić information content (AvgIpc) is 3.30. The Morgan fingerprint density at radius 3 is 2.39 bits per heavy atom. The van der Waals surface area contributed by atoms with Crippen LogP contribution in [0.2, 0.25) is 0 Å². The first kappa shape index (κ1) is 31.9. The minimum Gasteiger partial charge on any atom is -0.394 e. The first-order valence-corrected chi connectivity index (χ1v) is 17.1. The lowest BCUT2D eigenvalue weighted by Gasteiger charge is -2.58. The summed E-state index contributed by atoms with van der Waals surface area (Å²) in [5, 5.41) is 40.4. The summed E-state index contributed by atoms with van der Waals surface area (Å²) >= 11 is 0. The third-order valence-corrected chi connectivity index (χ3v) is 13.5. The van der Waals surface area contributed by atoms with Gasteiger partial charge < -0.3 is 29.9 Å². The quantitative estimate of drug-likeness (QED) is 0.257. The zero-order valence-electron chi connectivity index (χ0n) is 26.7. The molecule has 14 atom stereocenters. The molecule has 5 aliphatic rings. The molecule has 0 bridgehead atoms. The second-order valence-corrected chi connectivity index (χ2v) is 15.7. The average molecular weight is 577 g/mol. The largest absolute Gasteiger partial charge is 0.394 e. The number of aliphatic hydroxyl groups excluding tert-OH is 4. The fourth-order valence-corrected chi connectivity index (χ4v) is 10.8. The van der Waals surface area contributed by atoms with Crippen molar-refractivity contribution in [1.29, 1.82) is 0 Å². The van der Waals surface area contributed by atoms with Crippen molar-refractivity contribution in [1.82, 2.24) is 0 Å². The van der Waals surface area contributed by atoms with Gasteiger partial charge in [-0.2, -0.15) is 0 Å². The minimum atomic E-state index is -1.40. The predicted octanol–water partition coefficient (Wildman–Crippen LogP) is 5.85. The Hall–Kier alpha value is -0.500. The molecule has 4 aliphatic carbocycles. The van der Waals surface area contributed by atoms with Crippen molar-refractivity contribution in [3.8, 4) is 0 Å². The zero-order chi connectivity index (χ0) is 29.7. The van der Waals surface area contributed by atoms with Crippen molar-refractivity contribution in [3.05, 3.63) is 11.6 Å². The van der Waals surface area contributed by atoms with Crippen molar-refractivity contribution in [2.75, 3.05) is 6.61 Å². The fourth-order valence-electron chi connectivity index (χ4n) is 10.8. The number of hydrogen-bond donors (Lipinski definition) is 4. The molecule has 236 valence electrons. The number of fused-ring (bicyclic) bond motifs is 5. The molecule has 0 aromatic rings. The molecule has 4 fully saturated rings. The topological polar surface area (TPSA) is 99.4 Å². The molecule has 0 amide bonds. The first-order chi connectivity index (χ1) is 19.4. The second kappa shape index (κ2) is 12.5. The van der Waals surface area contributed by atoms with E-state index in [4.69, 9.17) is 9.47 Å². The normalized spacial score (nSPS) is 47.7. The van der Waals surface area contributed by atoms with Gasteiger partial charge in [0.2, 0.25) is 0 Å². The minimum absolute atomic E-state index is 0.101. The molecule has 0 radical (unpaired) electrons. The van der Waals surface area contributed by atoms with Crippen LogP contribution in [0.1, 0.15) is 112 Å². The van der Waals surface area contributed by atoms with Gasteiger partial charge in [-0.3, -0.25) is 0 Å². The summed E-state index contributed by atoms with van der Waals surface area (Å²) in [5.41, 5.74) is 2.19. The highest BCUT2D eigenvalue weighted by molar-refractivity contribution is 5.25. The summed E-state index contributed by atoms with van der Waals surface area (Å²) in [4.78, 5) is 0. The predicted molar refractivity (Wildman–Crippen MR) is 161 cm³/mol. The maximum absolute atomic E-state index is 10.5. The van der Waals surface area contributed by atoms with E-state index >= 15 is 0 Å². The lowest BCUT2D eigenvalue weighted by molar-refractivity contribution is -0.313. The number of hydrogen-bond acceptors (Lipinski definition) is 6. The van der Waals surface area contributed by atoms with E-state index in [1.54, 1.807) is 0 Å². The number of aliphatic hydroxyl groups is 4. The van der Waals surface area contributed by atoms with E-state index in [1.165, 1.54) is 56.9 Å². The highest BCUT2D eigenvalue weighted by Gasteiger charge is 2.59. The van der Waals surface area contributed by atoms with Crippen molar-refractivity contribution in [3.63, 3.8) is 0 Å². The Kier molecular flexibility index (Phi) is 9.71. The molecule has 1 aliphatic heterocycles. The smallest absolute Gasteiger partial charge is 0.186 e. The lowest BCUT2D eigenvalue weighted by atomic mass is 9.47. The molecule has 0 unspecified atom stereocenters. The third-order valence-electron chi connectivity index (χ3n) is 13.5. The van der Waals surface area contributed by atoms with E-state index in [0.29, 0.717) is 5.41 Å².